The number of rotatable bonds is 4. The van der Waals surface area contributed by atoms with Crippen LogP contribution >= 0.6 is 0 Å². The Balaban J connectivity index is 2.67. The van der Waals surface area contributed by atoms with Gasteiger partial charge in [-0.15, -0.1) is 5.10 Å². The van der Waals surface area contributed by atoms with Crippen molar-refractivity contribution >= 4 is 11.9 Å². The lowest BCUT2D eigenvalue weighted by atomic mass is 9.92. The molecule has 0 aliphatic carbocycles. The normalized spacial score (nSPS) is 11.1. The molecule has 6 heteroatoms. The number of nitrogens with one attached hydrogen (secondary N) is 2. The summed E-state index contributed by atoms with van der Waals surface area (Å²) in [5.74, 6) is 0.423. The van der Waals surface area contributed by atoms with Crippen LogP contribution in [0, 0.1) is 19.3 Å². The summed E-state index contributed by atoms with van der Waals surface area (Å²) in [4.78, 5) is 15.8. The summed E-state index contributed by atoms with van der Waals surface area (Å²) < 4.78 is 0. The first kappa shape index (κ1) is 13.3. The van der Waals surface area contributed by atoms with Gasteiger partial charge < -0.3 is 10.6 Å². The summed E-state index contributed by atoms with van der Waals surface area (Å²) in [6, 6.07) is 0. The minimum Gasteiger partial charge on any atom is -0.359 e. The lowest BCUT2D eigenvalue weighted by molar-refractivity contribution is -0.128. The smallest absolute Gasteiger partial charge is 0.242 e. The van der Waals surface area contributed by atoms with Crippen molar-refractivity contribution in [1.82, 2.24) is 20.5 Å². The van der Waals surface area contributed by atoms with Crippen molar-refractivity contribution in [2.24, 2.45) is 5.41 Å². The molecule has 0 bridgehead atoms. The van der Waals surface area contributed by atoms with E-state index in [0.29, 0.717) is 12.5 Å². The summed E-state index contributed by atoms with van der Waals surface area (Å²) in [5.41, 5.74) is 1.12. The molecule has 0 aliphatic heterocycles. The Morgan fingerprint density at radius 1 is 1.24 bits per heavy atom. The van der Waals surface area contributed by atoms with E-state index in [0.717, 1.165) is 11.4 Å². The Morgan fingerprint density at radius 3 is 2.41 bits per heavy atom. The zero-order chi connectivity index (χ0) is 13.1. The average molecular weight is 237 g/mol. The fraction of sp³-hybridized carbons (Fsp3) is 0.636. The molecule has 0 fully saturated rings. The van der Waals surface area contributed by atoms with Gasteiger partial charge in [-0.3, -0.25) is 4.79 Å². The highest BCUT2D eigenvalue weighted by molar-refractivity contribution is 5.82. The number of hydrogen-bond donors (Lipinski definition) is 2. The van der Waals surface area contributed by atoms with Gasteiger partial charge in [-0.2, -0.15) is 5.10 Å². The van der Waals surface area contributed by atoms with Crippen LogP contribution in [0.25, 0.3) is 0 Å². The van der Waals surface area contributed by atoms with Crippen molar-refractivity contribution in [3.8, 4) is 0 Å². The molecule has 2 N–H and O–H groups in total. The molecule has 0 saturated carbocycles. The molecule has 17 heavy (non-hydrogen) atoms. The summed E-state index contributed by atoms with van der Waals surface area (Å²) in [6.07, 6.45) is 0. The van der Waals surface area contributed by atoms with Gasteiger partial charge in [-0.05, 0) is 27.7 Å². The first-order valence-electron chi connectivity index (χ1n) is 5.51. The van der Waals surface area contributed by atoms with Gasteiger partial charge in [0.2, 0.25) is 11.9 Å². The monoisotopic (exact) mass is 237 g/mol. The number of aryl methyl sites for hydroxylation is 2. The summed E-state index contributed by atoms with van der Waals surface area (Å²) in [5, 5.41) is 13.5. The molecule has 0 aromatic carbocycles. The Morgan fingerprint density at radius 2 is 1.88 bits per heavy atom. The lowest BCUT2D eigenvalue weighted by Gasteiger charge is -2.22. The van der Waals surface area contributed by atoms with Crippen LogP contribution in [0.15, 0.2) is 0 Å². The van der Waals surface area contributed by atoms with Crippen molar-refractivity contribution < 1.29 is 4.79 Å². The van der Waals surface area contributed by atoms with Crippen LogP contribution in [0.4, 0.5) is 5.95 Å². The van der Waals surface area contributed by atoms with E-state index in [1.165, 1.54) is 0 Å². The van der Waals surface area contributed by atoms with Crippen molar-refractivity contribution in [2.45, 2.75) is 27.7 Å². The van der Waals surface area contributed by atoms with Gasteiger partial charge in [0, 0.05) is 13.6 Å². The molecule has 0 unspecified atom stereocenters. The minimum absolute atomic E-state index is 0.0261. The number of anilines is 1. The Bertz CT molecular complexity index is 416. The summed E-state index contributed by atoms with van der Waals surface area (Å²) in [6.45, 7) is 7.89. The molecule has 1 rings (SSSR count). The van der Waals surface area contributed by atoms with E-state index in [1.54, 1.807) is 7.05 Å². The first-order chi connectivity index (χ1) is 7.86. The average Bonchev–Trinajstić information content (AvgIpc) is 2.29. The van der Waals surface area contributed by atoms with Gasteiger partial charge in [-0.25, -0.2) is 4.98 Å². The van der Waals surface area contributed by atoms with E-state index in [1.807, 2.05) is 27.7 Å². The first-order valence-corrected chi connectivity index (χ1v) is 5.51. The van der Waals surface area contributed by atoms with Crippen LogP contribution in [0.2, 0.25) is 0 Å². The van der Waals surface area contributed by atoms with Gasteiger partial charge in [0.25, 0.3) is 0 Å². The van der Waals surface area contributed by atoms with Gasteiger partial charge in [-0.1, -0.05) is 0 Å². The van der Waals surface area contributed by atoms with Crippen LogP contribution < -0.4 is 10.6 Å². The second kappa shape index (κ2) is 5.07. The Kier molecular flexibility index (Phi) is 3.98. The summed E-state index contributed by atoms with van der Waals surface area (Å²) >= 11 is 0. The van der Waals surface area contributed by atoms with Gasteiger partial charge in [0.15, 0.2) is 0 Å². The third-order valence-corrected chi connectivity index (χ3v) is 2.62. The van der Waals surface area contributed by atoms with Crippen LogP contribution in [0.5, 0.6) is 0 Å². The number of carbonyl (C=O) groups is 1. The molecule has 0 spiro atoms. The molecule has 0 radical (unpaired) electrons. The van der Waals surface area contributed by atoms with Crippen molar-refractivity contribution in [3.05, 3.63) is 11.4 Å². The number of hydrogen-bond acceptors (Lipinski definition) is 5. The van der Waals surface area contributed by atoms with E-state index in [2.05, 4.69) is 25.8 Å². The highest BCUT2D eigenvalue weighted by Gasteiger charge is 2.26. The second-order valence-corrected chi connectivity index (χ2v) is 4.62. The summed E-state index contributed by atoms with van der Waals surface area (Å²) in [7, 11) is 1.62. The molecule has 1 aromatic heterocycles. The van der Waals surface area contributed by atoms with Crippen LogP contribution in [-0.4, -0.2) is 34.7 Å². The third-order valence-electron chi connectivity index (χ3n) is 2.62. The van der Waals surface area contributed by atoms with Gasteiger partial charge in [0.05, 0.1) is 16.8 Å². The highest BCUT2D eigenvalue weighted by atomic mass is 16.2. The minimum atomic E-state index is -0.517. The van der Waals surface area contributed by atoms with E-state index < -0.39 is 5.41 Å². The predicted molar refractivity (Wildman–Crippen MR) is 65.6 cm³/mol. The molecule has 1 aromatic rings. The standard InChI is InChI=1S/C11H19N5O/c1-7-8(2)15-16-10(14-7)13-6-11(3,4)9(17)12-5/h6H2,1-5H3,(H,12,17)(H,13,14,16). The Hall–Kier alpha value is -1.72. The number of amides is 1. The molecular weight excluding hydrogens is 218 g/mol. The quantitative estimate of drug-likeness (QED) is 0.804. The number of aromatic nitrogens is 3. The van der Waals surface area contributed by atoms with Crippen molar-refractivity contribution in [2.75, 3.05) is 18.9 Å². The molecule has 1 amide bonds. The zero-order valence-electron chi connectivity index (χ0n) is 11.0. The lowest BCUT2D eigenvalue weighted by Crippen LogP contribution is -2.39. The largest absolute Gasteiger partial charge is 0.359 e. The predicted octanol–water partition coefficient (Wildman–Crippen LogP) is 0.673. The molecule has 1 heterocycles. The number of nitrogens with zero attached hydrogens (tertiary/aromatic N) is 3. The maximum atomic E-state index is 11.6. The molecule has 6 nitrogen and oxygen atoms in total. The molecule has 0 atom stereocenters. The molecule has 94 valence electrons. The SMILES string of the molecule is CNC(=O)C(C)(C)CNc1nnc(C)c(C)n1. The Labute approximate surface area is 101 Å². The topological polar surface area (TPSA) is 79.8 Å². The van der Waals surface area contributed by atoms with Crippen molar-refractivity contribution in [3.63, 3.8) is 0 Å². The molecule has 0 saturated heterocycles. The maximum absolute atomic E-state index is 11.6. The fourth-order valence-corrected chi connectivity index (χ4v) is 1.25. The van der Waals surface area contributed by atoms with Crippen LogP contribution in [0.1, 0.15) is 25.2 Å². The maximum Gasteiger partial charge on any atom is 0.242 e. The second-order valence-electron chi connectivity index (χ2n) is 4.62. The van der Waals surface area contributed by atoms with Crippen LogP contribution in [-0.2, 0) is 4.79 Å². The van der Waals surface area contributed by atoms with E-state index in [9.17, 15) is 4.79 Å². The van der Waals surface area contributed by atoms with Crippen LogP contribution in [0.3, 0.4) is 0 Å². The van der Waals surface area contributed by atoms with Gasteiger partial charge in [0.1, 0.15) is 0 Å². The van der Waals surface area contributed by atoms with E-state index >= 15 is 0 Å². The molecular formula is C11H19N5O. The fourth-order valence-electron chi connectivity index (χ4n) is 1.25. The zero-order valence-corrected chi connectivity index (χ0v) is 11.0. The number of carbonyl (C=O) groups excluding carboxylic acids is 1. The third kappa shape index (κ3) is 3.37. The highest BCUT2D eigenvalue weighted by Crippen LogP contribution is 2.15. The molecule has 0 aliphatic rings. The van der Waals surface area contributed by atoms with Crippen molar-refractivity contribution in [1.29, 1.82) is 0 Å². The van der Waals surface area contributed by atoms with Gasteiger partial charge >= 0.3 is 0 Å². The van der Waals surface area contributed by atoms with E-state index in [-0.39, 0.29) is 5.91 Å². The van der Waals surface area contributed by atoms with E-state index in [4.69, 9.17) is 0 Å².